The average molecular weight is 483 g/mol. The number of fused-ring (bicyclic) bond motifs is 3. The standard InChI is InChI=1S/C26H42O8/c1-24(2)10-15(28)11-26(4)16-7-8-25(3,9-14(16)5-6-18(24)26)19(29)13-33-23-22(32)21(31)20(30)17(12-27)34-23/h9,16-23,27,29-32H,5-8,10-13H2,1-4H3/t16-,17+,18-,19-,20-,21+,22+,23-,25+,26+/m1/s1. The molecule has 2 saturated carbocycles. The third-order valence-corrected chi connectivity index (χ3v) is 9.45. The highest BCUT2D eigenvalue weighted by atomic mass is 16.7. The molecule has 10 atom stereocenters. The molecule has 34 heavy (non-hydrogen) atoms. The van der Waals surface area contributed by atoms with E-state index in [0.717, 1.165) is 25.7 Å². The number of hydrogen-bond donors (Lipinski definition) is 5. The van der Waals surface area contributed by atoms with Crippen LogP contribution in [0.4, 0.5) is 0 Å². The maximum atomic E-state index is 12.6. The van der Waals surface area contributed by atoms with Crippen LogP contribution in [0.2, 0.25) is 0 Å². The Labute approximate surface area is 202 Å². The second-order valence-corrected chi connectivity index (χ2v) is 12.3. The van der Waals surface area contributed by atoms with E-state index in [-0.39, 0.29) is 17.4 Å². The molecule has 3 aliphatic carbocycles. The predicted molar refractivity (Wildman–Crippen MR) is 123 cm³/mol. The van der Waals surface area contributed by atoms with Crippen LogP contribution in [0.3, 0.4) is 0 Å². The zero-order chi connectivity index (χ0) is 25.1. The Hall–Kier alpha value is -0.870. The fourth-order valence-electron chi connectivity index (χ4n) is 7.61. The first kappa shape index (κ1) is 26.2. The molecule has 0 aromatic rings. The molecule has 8 nitrogen and oxygen atoms in total. The van der Waals surface area contributed by atoms with E-state index in [1.807, 2.05) is 6.92 Å². The number of carbonyl (C=O) groups excluding carboxylic acids is 1. The molecule has 0 aromatic heterocycles. The number of hydrogen-bond acceptors (Lipinski definition) is 8. The lowest BCUT2D eigenvalue weighted by Crippen LogP contribution is -2.59. The van der Waals surface area contributed by atoms with E-state index in [1.165, 1.54) is 5.57 Å². The third-order valence-electron chi connectivity index (χ3n) is 9.45. The highest BCUT2D eigenvalue weighted by Crippen LogP contribution is 2.63. The van der Waals surface area contributed by atoms with Gasteiger partial charge in [0.05, 0.1) is 19.3 Å². The smallest absolute Gasteiger partial charge is 0.186 e. The first-order valence-electron chi connectivity index (χ1n) is 12.7. The molecule has 1 heterocycles. The molecule has 4 rings (SSSR count). The van der Waals surface area contributed by atoms with Crippen molar-refractivity contribution in [2.75, 3.05) is 13.2 Å². The summed E-state index contributed by atoms with van der Waals surface area (Å²) < 4.78 is 11.0. The summed E-state index contributed by atoms with van der Waals surface area (Å²) in [5.74, 6) is 1.19. The van der Waals surface area contributed by atoms with E-state index in [9.17, 15) is 30.3 Å². The number of rotatable bonds is 5. The maximum Gasteiger partial charge on any atom is 0.186 e. The summed E-state index contributed by atoms with van der Waals surface area (Å²) in [6, 6.07) is 0. The van der Waals surface area contributed by atoms with E-state index in [2.05, 4.69) is 26.8 Å². The summed E-state index contributed by atoms with van der Waals surface area (Å²) in [5.41, 5.74) is 0.749. The minimum absolute atomic E-state index is 0.00905. The summed E-state index contributed by atoms with van der Waals surface area (Å²) in [4.78, 5) is 12.6. The third kappa shape index (κ3) is 4.40. The van der Waals surface area contributed by atoms with Gasteiger partial charge in [-0.3, -0.25) is 4.79 Å². The number of aliphatic hydroxyl groups is 5. The van der Waals surface area contributed by atoms with Crippen molar-refractivity contribution in [2.45, 2.75) is 103 Å². The van der Waals surface area contributed by atoms with Gasteiger partial charge in [-0.15, -0.1) is 0 Å². The number of allylic oxidation sites excluding steroid dienone is 1. The monoisotopic (exact) mass is 482 g/mol. The molecule has 194 valence electrons. The second kappa shape index (κ2) is 9.21. The van der Waals surface area contributed by atoms with E-state index < -0.39 is 48.8 Å². The Bertz CT molecular complexity index is 809. The number of ketones is 1. The van der Waals surface area contributed by atoms with Gasteiger partial charge in [-0.25, -0.2) is 0 Å². The molecule has 1 saturated heterocycles. The molecule has 0 radical (unpaired) electrons. The average Bonchev–Trinajstić information content (AvgIpc) is 2.75. The number of carbonyl (C=O) groups is 1. The Morgan fingerprint density at radius 2 is 1.79 bits per heavy atom. The maximum absolute atomic E-state index is 12.6. The van der Waals surface area contributed by atoms with Gasteiger partial charge in [0, 0.05) is 18.3 Å². The lowest BCUT2D eigenvalue weighted by atomic mass is 9.45. The molecule has 0 bridgehead atoms. The van der Waals surface area contributed by atoms with Gasteiger partial charge >= 0.3 is 0 Å². The number of ether oxygens (including phenoxy) is 2. The van der Waals surface area contributed by atoms with Gasteiger partial charge < -0.3 is 35.0 Å². The van der Waals surface area contributed by atoms with Gasteiger partial charge in [-0.05, 0) is 48.3 Å². The van der Waals surface area contributed by atoms with Crippen molar-refractivity contribution >= 4 is 5.78 Å². The molecule has 4 aliphatic rings. The molecule has 8 heteroatoms. The van der Waals surface area contributed by atoms with Crippen LogP contribution < -0.4 is 0 Å². The SMILES string of the molecule is CC1(C)CC(=O)C[C@@]2(C)[C@@H]3CC[C@](C)([C@H](O)CO[C@@H]4O[C@@H](CO)[C@@H](O)[C@H](O)[C@@H]4O)C=C3CC[C@H]12. The topological polar surface area (TPSA) is 137 Å². The quantitative estimate of drug-likeness (QED) is 0.370. The second-order valence-electron chi connectivity index (χ2n) is 12.3. The minimum atomic E-state index is -1.51. The molecule has 0 unspecified atom stereocenters. The summed E-state index contributed by atoms with van der Waals surface area (Å²) >= 11 is 0. The molecular weight excluding hydrogens is 440 g/mol. The van der Waals surface area contributed by atoms with Gasteiger partial charge in [-0.2, -0.15) is 0 Å². The fraction of sp³-hybridized carbons (Fsp3) is 0.885. The van der Waals surface area contributed by atoms with E-state index in [0.29, 0.717) is 30.5 Å². The lowest BCUT2D eigenvalue weighted by molar-refractivity contribution is -0.306. The van der Waals surface area contributed by atoms with Crippen LogP contribution in [0.5, 0.6) is 0 Å². The largest absolute Gasteiger partial charge is 0.394 e. The Kier molecular flexibility index (Phi) is 7.10. The van der Waals surface area contributed by atoms with Crippen LogP contribution in [0.15, 0.2) is 11.6 Å². The summed E-state index contributed by atoms with van der Waals surface area (Å²) in [7, 11) is 0. The van der Waals surface area contributed by atoms with E-state index >= 15 is 0 Å². The molecule has 5 N–H and O–H groups in total. The van der Waals surface area contributed by atoms with Crippen LogP contribution in [0.1, 0.15) is 66.2 Å². The van der Waals surface area contributed by atoms with E-state index in [1.54, 1.807) is 0 Å². The molecule has 0 aromatic carbocycles. The Morgan fingerprint density at radius 3 is 2.47 bits per heavy atom. The van der Waals surface area contributed by atoms with Gasteiger partial charge in [0.2, 0.25) is 0 Å². The summed E-state index contributed by atoms with van der Waals surface area (Å²) in [6.07, 6.45) is -0.496. The van der Waals surface area contributed by atoms with Crippen molar-refractivity contribution in [3.05, 3.63) is 11.6 Å². The van der Waals surface area contributed by atoms with Crippen LogP contribution in [-0.2, 0) is 14.3 Å². The van der Waals surface area contributed by atoms with Crippen molar-refractivity contribution in [3.63, 3.8) is 0 Å². The molecule has 0 amide bonds. The number of Topliss-reactive ketones (excluding diaryl/α,β-unsaturated/α-hetero) is 1. The summed E-state index contributed by atoms with van der Waals surface area (Å²) in [5, 5.41) is 50.5. The van der Waals surface area contributed by atoms with Crippen LogP contribution >= 0.6 is 0 Å². The Balaban J connectivity index is 1.46. The fourth-order valence-corrected chi connectivity index (χ4v) is 7.61. The highest BCUT2D eigenvalue weighted by Gasteiger charge is 2.57. The highest BCUT2D eigenvalue weighted by molar-refractivity contribution is 5.81. The first-order valence-corrected chi connectivity index (χ1v) is 12.7. The zero-order valence-electron chi connectivity index (χ0n) is 20.8. The van der Waals surface area contributed by atoms with E-state index in [4.69, 9.17) is 9.47 Å². The van der Waals surface area contributed by atoms with Gasteiger partial charge in [0.25, 0.3) is 0 Å². The van der Waals surface area contributed by atoms with Crippen LogP contribution in [-0.4, -0.2) is 81.3 Å². The van der Waals surface area contributed by atoms with Gasteiger partial charge in [-0.1, -0.05) is 39.3 Å². The Morgan fingerprint density at radius 1 is 1.09 bits per heavy atom. The van der Waals surface area contributed by atoms with Crippen molar-refractivity contribution in [1.82, 2.24) is 0 Å². The minimum Gasteiger partial charge on any atom is -0.394 e. The first-order chi connectivity index (χ1) is 15.8. The normalized spacial score (nSPS) is 47.4. The molecule has 1 aliphatic heterocycles. The van der Waals surface area contributed by atoms with Gasteiger partial charge in [0.15, 0.2) is 6.29 Å². The van der Waals surface area contributed by atoms with Crippen molar-refractivity contribution in [3.8, 4) is 0 Å². The zero-order valence-corrected chi connectivity index (χ0v) is 20.8. The number of aliphatic hydroxyl groups excluding tert-OH is 5. The molecular formula is C26H42O8. The predicted octanol–water partition coefficient (Wildman–Crippen LogP) is 1.31. The lowest BCUT2D eigenvalue weighted by Gasteiger charge is -2.59. The van der Waals surface area contributed by atoms with Crippen LogP contribution in [0.25, 0.3) is 0 Å². The molecule has 3 fully saturated rings. The molecule has 0 spiro atoms. The van der Waals surface area contributed by atoms with Crippen LogP contribution in [0, 0.1) is 28.1 Å². The van der Waals surface area contributed by atoms with Gasteiger partial charge in [0.1, 0.15) is 30.2 Å². The van der Waals surface area contributed by atoms with Crippen molar-refractivity contribution in [2.24, 2.45) is 28.1 Å². The van der Waals surface area contributed by atoms with Crippen molar-refractivity contribution in [1.29, 1.82) is 0 Å². The van der Waals surface area contributed by atoms with Crippen molar-refractivity contribution < 1.29 is 39.8 Å². The summed E-state index contributed by atoms with van der Waals surface area (Å²) in [6.45, 7) is 8.09.